The Labute approximate surface area is 129 Å². The molecule has 0 N–H and O–H groups in total. The van der Waals surface area contributed by atoms with Crippen LogP contribution in [0.4, 0.5) is 0 Å². The first kappa shape index (κ1) is 15.8. The zero-order valence-corrected chi connectivity index (χ0v) is 13.8. The van der Waals surface area contributed by atoms with Gasteiger partial charge in [0.25, 0.3) is 0 Å². The molecular formula is C16H21NO3S. The topological polar surface area (TPSA) is 52.3 Å². The molecule has 0 aliphatic carbocycles. The van der Waals surface area contributed by atoms with Gasteiger partial charge < -0.3 is 9.15 Å². The zero-order chi connectivity index (χ0) is 15.4. The summed E-state index contributed by atoms with van der Waals surface area (Å²) in [5, 5.41) is 2.02. The van der Waals surface area contributed by atoms with Gasteiger partial charge in [-0.1, -0.05) is 20.8 Å². The van der Waals surface area contributed by atoms with Crippen LogP contribution in [0.1, 0.15) is 49.5 Å². The number of aromatic nitrogens is 1. The van der Waals surface area contributed by atoms with Crippen LogP contribution in [0.3, 0.4) is 0 Å². The minimum Gasteiger partial charge on any atom is -0.460 e. The highest BCUT2D eigenvalue weighted by Crippen LogP contribution is 2.31. The van der Waals surface area contributed by atoms with E-state index in [1.807, 2.05) is 5.38 Å². The van der Waals surface area contributed by atoms with E-state index in [1.165, 1.54) is 5.56 Å². The summed E-state index contributed by atoms with van der Waals surface area (Å²) < 4.78 is 10.8. The predicted molar refractivity (Wildman–Crippen MR) is 83.7 cm³/mol. The molecule has 0 aromatic carbocycles. The highest BCUT2D eigenvalue weighted by Gasteiger charge is 2.24. The fraction of sp³-hybridized carbons (Fsp3) is 0.500. The van der Waals surface area contributed by atoms with Crippen molar-refractivity contribution in [2.75, 3.05) is 6.61 Å². The molecule has 2 heterocycles. The van der Waals surface area contributed by atoms with Gasteiger partial charge in [0.2, 0.25) is 11.7 Å². The lowest BCUT2D eigenvalue weighted by Crippen LogP contribution is -2.08. The third kappa shape index (κ3) is 3.53. The number of hydrogen-bond donors (Lipinski definition) is 0. The summed E-state index contributed by atoms with van der Waals surface area (Å²) in [7, 11) is 0. The van der Waals surface area contributed by atoms with Gasteiger partial charge in [0.15, 0.2) is 0 Å². The summed E-state index contributed by atoms with van der Waals surface area (Å²) >= 11 is 1.58. The van der Waals surface area contributed by atoms with Crippen molar-refractivity contribution in [2.45, 2.75) is 40.5 Å². The number of aryl methyl sites for hydroxylation is 1. The fourth-order valence-corrected chi connectivity index (χ4v) is 3.05. The Bertz CT molecular complexity index is 613. The number of carbonyl (C=O) groups is 1. The lowest BCUT2D eigenvalue weighted by atomic mass is 10.1. The third-order valence-corrected chi connectivity index (χ3v) is 4.03. The van der Waals surface area contributed by atoms with Gasteiger partial charge in [-0.15, -0.1) is 11.3 Å². The molecule has 0 spiro atoms. The van der Waals surface area contributed by atoms with Crippen LogP contribution in [0.2, 0.25) is 0 Å². The Hall–Kier alpha value is -1.62. The number of rotatable bonds is 6. The van der Waals surface area contributed by atoms with E-state index in [-0.39, 0.29) is 5.76 Å². The van der Waals surface area contributed by atoms with E-state index in [1.54, 1.807) is 18.3 Å². The average molecular weight is 307 g/mol. The Kier molecular flexibility index (Phi) is 5.17. The standard InChI is InChI=1S/C16H21NO3S/c1-5-11-7-8-21-14(11)15-17-12(9-10(3)4)13(20-15)16(18)19-6-2/h7-8,10H,5-6,9H2,1-4H3. The molecular weight excluding hydrogens is 286 g/mol. The van der Waals surface area contributed by atoms with Crippen molar-refractivity contribution in [1.82, 2.24) is 4.98 Å². The maximum absolute atomic E-state index is 12.0. The minimum atomic E-state index is -0.429. The first-order valence-electron chi connectivity index (χ1n) is 7.30. The van der Waals surface area contributed by atoms with Crippen LogP contribution in [0.5, 0.6) is 0 Å². The van der Waals surface area contributed by atoms with Gasteiger partial charge in [0.1, 0.15) is 0 Å². The van der Waals surface area contributed by atoms with Gasteiger partial charge >= 0.3 is 5.97 Å². The van der Waals surface area contributed by atoms with Crippen molar-refractivity contribution in [1.29, 1.82) is 0 Å². The molecule has 0 fully saturated rings. The number of carbonyl (C=O) groups excluding carboxylic acids is 1. The van der Waals surface area contributed by atoms with E-state index in [2.05, 4.69) is 31.8 Å². The molecule has 21 heavy (non-hydrogen) atoms. The first-order chi connectivity index (χ1) is 10.1. The van der Waals surface area contributed by atoms with Crippen molar-refractivity contribution < 1.29 is 13.9 Å². The van der Waals surface area contributed by atoms with Crippen LogP contribution in [-0.2, 0) is 17.6 Å². The second kappa shape index (κ2) is 6.89. The summed E-state index contributed by atoms with van der Waals surface area (Å²) in [5.74, 6) is 0.739. The van der Waals surface area contributed by atoms with Crippen molar-refractivity contribution in [3.63, 3.8) is 0 Å². The highest BCUT2D eigenvalue weighted by molar-refractivity contribution is 7.13. The molecule has 5 heteroatoms. The van der Waals surface area contributed by atoms with Gasteiger partial charge in [-0.25, -0.2) is 9.78 Å². The lowest BCUT2D eigenvalue weighted by molar-refractivity contribution is 0.0489. The number of esters is 1. The van der Waals surface area contributed by atoms with E-state index in [9.17, 15) is 4.79 Å². The molecule has 4 nitrogen and oxygen atoms in total. The number of oxazole rings is 1. The summed E-state index contributed by atoms with van der Waals surface area (Å²) in [4.78, 5) is 17.6. The molecule has 0 aliphatic heterocycles. The molecule has 0 radical (unpaired) electrons. The molecule has 0 amide bonds. The van der Waals surface area contributed by atoms with Crippen LogP contribution >= 0.6 is 11.3 Å². The normalized spacial score (nSPS) is 11.1. The van der Waals surface area contributed by atoms with Crippen molar-refractivity contribution in [2.24, 2.45) is 5.92 Å². The largest absolute Gasteiger partial charge is 0.460 e. The second-order valence-corrected chi connectivity index (χ2v) is 6.16. The monoisotopic (exact) mass is 307 g/mol. The average Bonchev–Trinajstić information content (AvgIpc) is 3.03. The maximum atomic E-state index is 12.0. The summed E-state index contributed by atoms with van der Waals surface area (Å²) in [6.45, 7) is 8.38. The minimum absolute atomic E-state index is 0.246. The molecule has 0 aliphatic rings. The van der Waals surface area contributed by atoms with E-state index in [0.29, 0.717) is 30.5 Å². The summed E-state index contributed by atoms with van der Waals surface area (Å²) in [6, 6.07) is 2.07. The van der Waals surface area contributed by atoms with Crippen LogP contribution in [-0.4, -0.2) is 17.6 Å². The van der Waals surface area contributed by atoms with Crippen LogP contribution in [0, 0.1) is 5.92 Å². The van der Waals surface area contributed by atoms with Gasteiger partial charge in [0.05, 0.1) is 17.2 Å². The Morgan fingerprint density at radius 1 is 1.43 bits per heavy atom. The smallest absolute Gasteiger partial charge is 0.376 e. The number of ether oxygens (including phenoxy) is 1. The van der Waals surface area contributed by atoms with Crippen LogP contribution < -0.4 is 0 Å². The number of hydrogen-bond acceptors (Lipinski definition) is 5. The lowest BCUT2D eigenvalue weighted by Gasteiger charge is -2.02. The molecule has 0 unspecified atom stereocenters. The second-order valence-electron chi connectivity index (χ2n) is 5.24. The maximum Gasteiger partial charge on any atom is 0.376 e. The molecule has 0 bridgehead atoms. The van der Waals surface area contributed by atoms with Crippen LogP contribution in [0.15, 0.2) is 15.9 Å². The molecule has 114 valence electrons. The summed E-state index contributed by atoms with van der Waals surface area (Å²) in [5.41, 5.74) is 1.88. The van der Waals surface area contributed by atoms with E-state index < -0.39 is 5.97 Å². The first-order valence-corrected chi connectivity index (χ1v) is 8.18. The Morgan fingerprint density at radius 2 is 2.19 bits per heavy atom. The van der Waals surface area contributed by atoms with Crippen molar-refractivity contribution in [3.8, 4) is 10.8 Å². The van der Waals surface area contributed by atoms with Gasteiger partial charge in [-0.2, -0.15) is 0 Å². The molecule has 0 saturated heterocycles. The van der Waals surface area contributed by atoms with Crippen LogP contribution in [0.25, 0.3) is 10.8 Å². The van der Waals surface area contributed by atoms with E-state index >= 15 is 0 Å². The fourth-order valence-electron chi connectivity index (χ4n) is 2.13. The number of nitrogens with zero attached hydrogens (tertiary/aromatic N) is 1. The summed E-state index contributed by atoms with van der Waals surface area (Å²) in [6.07, 6.45) is 1.61. The Balaban J connectivity index is 2.42. The van der Waals surface area contributed by atoms with Gasteiger partial charge in [-0.05, 0) is 42.7 Å². The molecule has 0 atom stereocenters. The Morgan fingerprint density at radius 3 is 2.81 bits per heavy atom. The predicted octanol–water partition coefficient (Wildman–Crippen LogP) is 4.34. The quantitative estimate of drug-likeness (QED) is 0.745. The van der Waals surface area contributed by atoms with E-state index in [0.717, 1.165) is 11.3 Å². The SMILES string of the molecule is CCOC(=O)c1oc(-c2sccc2CC)nc1CC(C)C. The highest BCUT2D eigenvalue weighted by atomic mass is 32.1. The zero-order valence-electron chi connectivity index (χ0n) is 12.9. The molecule has 0 saturated carbocycles. The molecule has 2 aromatic heterocycles. The van der Waals surface area contributed by atoms with Gasteiger partial charge in [-0.3, -0.25) is 0 Å². The van der Waals surface area contributed by atoms with Gasteiger partial charge in [0, 0.05) is 0 Å². The molecule has 2 aromatic rings. The van der Waals surface area contributed by atoms with E-state index in [4.69, 9.17) is 9.15 Å². The van der Waals surface area contributed by atoms with Crippen molar-refractivity contribution in [3.05, 3.63) is 28.5 Å². The molecule has 2 rings (SSSR count). The third-order valence-electron chi connectivity index (χ3n) is 3.08. The van der Waals surface area contributed by atoms with Crippen molar-refractivity contribution >= 4 is 17.3 Å². The number of thiophene rings is 1.